The number of benzene rings is 1. The van der Waals surface area contributed by atoms with Crippen LogP contribution in [-0.4, -0.2) is 64.6 Å². The lowest BCUT2D eigenvalue weighted by Crippen LogP contribution is -2.43. The number of nitrogens with zero attached hydrogens (tertiary/aromatic N) is 1. The number of alkyl halides is 6. The minimum atomic E-state index is -5.08. The highest BCUT2D eigenvalue weighted by atomic mass is 19.4. The lowest BCUT2D eigenvalue weighted by atomic mass is 10.1. The lowest BCUT2D eigenvalue weighted by molar-refractivity contribution is -0.193. The number of aliphatic carboxylic acids is 2. The fraction of sp³-hybridized carbons (Fsp3) is 0.500. The highest BCUT2D eigenvalue weighted by Crippen LogP contribution is 2.25. The largest absolute Gasteiger partial charge is 0.490 e. The maximum Gasteiger partial charge on any atom is 0.490 e. The predicted octanol–water partition coefficient (Wildman–Crippen LogP) is 2.78. The Balaban J connectivity index is 0.000000271. The van der Waals surface area contributed by atoms with Gasteiger partial charge in [0.05, 0.1) is 0 Å². The second-order valence-corrected chi connectivity index (χ2v) is 6.27. The summed E-state index contributed by atoms with van der Waals surface area (Å²) in [6, 6.07) is 4.92. The first kappa shape index (κ1) is 25.6. The number of fused-ring (bicyclic) bond motifs is 2. The molecule has 2 heterocycles. The summed E-state index contributed by atoms with van der Waals surface area (Å²) in [6.45, 7) is 2.56. The van der Waals surface area contributed by atoms with Crippen LogP contribution in [0.1, 0.15) is 12.0 Å². The van der Waals surface area contributed by atoms with Crippen LogP contribution in [0.4, 0.5) is 35.1 Å². The minimum absolute atomic E-state index is 0.435. The number of carbonyl (C=O) groups is 2. The number of piperazine rings is 1. The van der Waals surface area contributed by atoms with Crippen LogP contribution in [0.3, 0.4) is 0 Å². The zero-order chi connectivity index (χ0) is 23.3. The van der Waals surface area contributed by atoms with Gasteiger partial charge < -0.3 is 15.5 Å². The van der Waals surface area contributed by atoms with Crippen LogP contribution in [0.25, 0.3) is 0 Å². The molecule has 2 atom stereocenters. The molecule has 14 heteroatoms. The van der Waals surface area contributed by atoms with E-state index in [9.17, 15) is 35.1 Å². The van der Waals surface area contributed by atoms with Crippen molar-refractivity contribution in [3.63, 3.8) is 0 Å². The summed E-state index contributed by atoms with van der Waals surface area (Å²) in [6.07, 6.45) is -9.01. The van der Waals surface area contributed by atoms with Gasteiger partial charge in [-0.2, -0.15) is 26.3 Å². The molecule has 3 N–H and O–H groups in total. The van der Waals surface area contributed by atoms with E-state index in [2.05, 4.69) is 10.2 Å². The van der Waals surface area contributed by atoms with Crippen LogP contribution in [-0.2, 0) is 16.1 Å². The van der Waals surface area contributed by atoms with Crippen molar-refractivity contribution >= 4 is 11.9 Å². The van der Waals surface area contributed by atoms with Crippen LogP contribution >= 0.6 is 0 Å². The Labute approximate surface area is 164 Å². The molecule has 0 spiro atoms. The first-order valence-corrected chi connectivity index (χ1v) is 8.12. The highest BCUT2D eigenvalue weighted by molar-refractivity contribution is 5.73. The number of rotatable bonds is 2. The Morgan fingerprint density at radius 3 is 1.87 bits per heavy atom. The molecule has 170 valence electrons. The number of carboxylic acids is 2. The molecule has 0 saturated carbocycles. The molecule has 6 nitrogen and oxygen atoms in total. The molecule has 30 heavy (non-hydrogen) atoms. The van der Waals surface area contributed by atoms with Gasteiger partial charge in [0, 0.05) is 43.3 Å². The van der Waals surface area contributed by atoms with E-state index in [0.717, 1.165) is 25.6 Å². The van der Waals surface area contributed by atoms with Gasteiger partial charge in [0.25, 0.3) is 0 Å². The molecule has 3 rings (SSSR count). The van der Waals surface area contributed by atoms with E-state index >= 15 is 0 Å². The molecule has 2 fully saturated rings. The topological polar surface area (TPSA) is 89.9 Å². The zero-order valence-corrected chi connectivity index (χ0v) is 14.9. The van der Waals surface area contributed by atoms with Gasteiger partial charge >= 0.3 is 24.3 Å². The Hall–Kier alpha value is -2.48. The van der Waals surface area contributed by atoms with Crippen molar-refractivity contribution in [2.24, 2.45) is 0 Å². The normalized spacial score (nSPS) is 20.7. The highest BCUT2D eigenvalue weighted by Gasteiger charge is 2.39. The fourth-order valence-electron chi connectivity index (χ4n) is 2.71. The summed E-state index contributed by atoms with van der Waals surface area (Å²) < 4.78 is 89.7. The molecular weight excluding hydrogens is 436 g/mol. The maximum atomic E-state index is 13.5. The number of halogens is 8. The number of hydrogen-bond donors (Lipinski definition) is 3. The summed E-state index contributed by atoms with van der Waals surface area (Å²) in [4.78, 5) is 20.1. The summed E-state index contributed by atoms with van der Waals surface area (Å²) in [7, 11) is 0. The van der Waals surface area contributed by atoms with Crippen molar-refractivity contribution in [2.45, 2.75) is 37.4 Å². The minimum Gasteiger partial charge on any atom is -0.475 e. The standard InChI is InChI=1S/C12H14F2N2.2C2HF3O2/c13-9-2-1-8(12(14)3-9)6-16-7-10-4-11(16)5-15-10;2*3-2(4,5)1(6)7/h1-3,10-11,15H,4-7H2;2*(H,6,7). The molecule has 1 aromatic carbocycles. The third-order valence-electron chi connectivity index (χ3n) is 4.04. The molecule has 2 bridgehead atoms. The Morgan fingerprint density at radius 1 is 1.03 bits per heavy atom. The third-order valence-corrected chi connectivity index (χ3v) is 4.04. The predicted molar refractivity (Wildman–Crippen MR) is 84.3 cm³/mol. The Kier molecular flexibility index (Phi) is 8.53. The van der Waals surface area contributed by atoms with Crippen LogP contribution in [0.15, 0.2) is 18.2 Å². The molecule has 2 unspecified atom stereocenters. The Bertz CT molecular complexity index is 730. The second kappa shape index (κ2) is 10.0. The monoisotopic (exact) mass is 452 g/mol. The van der Waals surface area contributed by atoms with E-state index in [-0.39, 0.29) is 0 Å². The fourth-order valence-corrected chi connectivity index (χ4v) is 2.71. The van der Waals surface area contributed by atoms with E-state index in [1.54, 1.807) is 6.07 Å². The van der Waals surface area contributed by atoms with Gasteiger partial charge in [-0.1, -0.05) is 6.07 Å². The van der Waals surface area contributed by atoms with Crippen molar-refractivity contribution < 1.29 is 54.9 Å². The van der Waals surface area contributed by atoms with E-state index in [4.69, 9.17) is 19.8 Å². The number of likely N-dealkylation sites (tertiary alicyclic amines) is 1. The van der Waals surface area contributed by atoms with Crippen LogP contribution in [0.2, 0.25) is 0 Å². The van der Waals surface area contributed by atoms with Gasteiger partial charge in [-0.25, -0.2) is 18.4 Å². The summed E-state index contributed by atoms with van der Waals surface area (Å²) in [5.74, 6) is -6.46. The maximum absolute atomic E-state index is 13.5. The van der Waals surface area contributed by atoms with Crippen molar-refractivity contribution in [1.82, 2.24) is 10.2 Å². The molecule has 2 aliphatic rings. The van der Waals surface area contributed by atoms with E-state index < -0.39 is 35.9 Å². The number of hydrogen-bond acceptors (Lipinski definition) is 4. The first-order valence-electron chi connectivity index (χ1n) is 8.12. The number of nitrogens with one attached hydrogen (secondary N) is 1. The van der Waals surface area contributed by atoms with Crippen molar-refractivity contribution in [2.75, 3.05) is 13.1 Å². The molecule has 0 radical (unpaired) electrons. The summed E-state index contributed by atoms with van der Waals surface area (Å²) in [5.41, 5.74) is 0.592. The van der Waals surface area contributed by atoms with Crippen molar-refractivity contribution in [1.29, 1.82) is 0 Å². The SMILES string of the molecule is Fc1ccc(CN2CC3CC2CN3)c(F)c1.O=C(O)C(F)(F)F.O=C(O)C(F)(F)F. The van der Waals surface area contributed by atoms with Gasteiger partial charge in [-0.15, -0.1) is 0 Å². The van der Waals surface area contributed by atoms with Crippen LogP contribution in [0.5, 0.6) is 0 Å². The average molecular weight is 452 g/mol. The first-order chi connectivity index (χ1) is 13.6. The molecule has 2 aliphatic heterocycles. The average Bonchev–Trinajstić information content (AvgIpc) is 3.19. The molecule has 0 aromatic heterocycles. The molecule has 0 amide bonds. The molecule has 1 aromatic rings. The third kappa shape index (κ3) is 8.10. The lowest BCUT2D eigenvalue weighted by Gasteiger charge is -2.27. The van der Waals surface area contributed by atoms with Crippen molar-refractivity contribution in [3.05, 3.63) is 35.4 Å². The van der Waals surface area contributed by atoms with E-state index in [1.165, 1.54) is 6.07 Å². The molecule has 0 aliphatic carbocycles. The summed E-state index contributed by atoms with van der Waals surface area (Å²) >= 11 is 0. The number of carboxylic acid groups (broad SMARTS) is 2. The van der Waals surface area contributed by atoms with Gasteiger partial charge in [0.15, 0.2) is 0 Å². The van der Waals surface area contributed by atoms with E-state index in [1.807, 2.05) is 0 Å². The Morgan fingerprint density at radius 2 is 1.53 bits per heavy atom. The molecular formula is C16H16F8N2O4. The van der Waals surface area contributed by atoms with E-state index in [0.29, 0.717) is 24.2 Å². The van der Waals surface area contributed by atoms with Gasteiger partial charge in [-0.3, -0.25) is 4.90 Å². The van der Waals surface area contributed by atoms with Crippen molar-refractivity contribution in [3.8, 4) is 0 Å². The van der Waals surface area contributed by atoms with Gasteiger partial charge in [-0.05, 0) is 12.5 Å². The smallest absolute Gasteiger partial charge is 0.475 e. The second-order valence-electron chi connectivity index (χ2n) is 6.27. The van der Waals surface area contributed by atoms with Gasteiger partial charge in [0.1, 0.15) is 11.6 Å². The summed E-state index contributed by atoms with van der Waals surface area (Å²) in [5, 5.41) is 17.7. The van der Waals surface area contributed by atoms with Crippen LogP contribution in [0, 0.1) is 11.6 Å². The zero-order valence-electron chi connectivity index (χ0n) is 14.9. The molecule has 2 saturated heterocycles. The quantitative estimate of drug-likeness (QED) is 0.599. The van der Waals surface area contributed by atoms with Gasteiger partial charge in [0.2, 0.25) is 0 Å². The van der Waals surface area contributed by atoms with Crippen LogP contribution < -0.4 is 5.32 Å².